The van der Waals surface area contributed by atoms with Crippen molar-refractivity contribution < 1.29 is 14.2 Å². The molecule has 0 saturated carbocycles. The lowest BCUT2D eigenvalue weighted by Crippen LogP contribution is -3.08. The van der Waals surface area contributed by atoms with Gasteiger partial charge in [0, 0.05) is 11.6 Å². The van der Waals surface area contributed by atoms with Gasteiger partial charge in [0.15, 0.2) is 12.4 Å². The maximum atomic E-state index is 11.9. The summed E-state index contributed by atoms with van der Waals surface area (Å²) in [6.07, 6.45) is 0. The average molecular weight is 329 g/mol. The van der Waals surface area contributed by atoms with E-state index in [2.05, 4.69) is 10.5 Å². The quantitative estimate of drug-likeness (QED) is 0.881. The van der Waals surface area contributed by atoms with Crippen LogP contribution in [-0.2, 0) is 11.3 Å². The standard InChI is InChI=1S/C14H15Cl2N3O2/c1-9-5-13(18-21-9)17-14(20)8-19(2)7-10-3-4-11(15)12(16)6-10/h3-6H,7-8H2,1-2H3,(H,17,18,20)/p+1. The number of anilines is 1. The molecule has 7 heteroatoms. The predicted octanol–water partition coefficient (Wildman–Crippen LogP) is 1.94. The zero-order valence-corrected chi connectivity index (χ0v) is 13.3. The molecule has 1 aromatic heterocycles. The van der Waals surface area contributed by atoms with Gasteiger partial charge in [-0.15, -0.1) is 0 Å². The monoisotopic (exact) mass is 328 g/mol. The molecule has 0 spiro atoms. The van der Waals surface area contributed by atoms with E-state index < -0.39 is 0 Å². The topological polar surface area (TPSA) is 59.6 Å². The van der Waals surface area contributed by atoms with Gasteiger partial charge in [-0.1, -0.05) is 34.4 Å². The molecule has 5 nitrogen and oxygen atoms in total. The number of carbonyl (C=O) groups excluding carboxylic acids is 1. The van der Waals surface area contributed by atoms with E-state index >= 15 is 0 Å². The second-order valence-electron chi connectivity index (χ2n) is 4.93. The van der Waals surface area contributed by atoms with Crippen LogP contribution in [0.15, 0.2) is 28.8 Å². The SMILES string of the molecule is Cc1cc(NC(=O)C[NH+](C)Cc2ccc(Cl)c(Cl)c2)no1. The van der Waals surface area contributed by atoms with E-state index in [0.29, 0.717) is 34.7 Å². The van der Waals surface area contributed by atoms with Crippen molar-refractivity contribution >= 4 is 34.9 Å². The Morgan fingerprint density at radius 3 is 2.71 bits per heavy atom. The second kappa shape index (κ2) is 6.93. The molecular formula is C14H16Cl2N3O2+. The van der Waals surface area contributed by atoms with Crippen LogP contribution in [0.2, 0.25) is 10.0 Å². The van der Waals surface area contributed by atoms with Crippen molar-refractivity contribution in [3.63, 3.8) is 0 Å². The summed E-state index contributed by atoms with van der Waals surface area (Å²) in [5.41, 5.74) is 1.02. The highest BCUT2D eigenvalue weighted by Crippen LogP contribution is 2.22. The van der Waals surface area contributed by atoms with Crippen LogP contribution in [0.1, 0.15) is 11.3 Å². The third kappa shape index (κ3) is 4.74. The molecule has 0 aliphatic rings. The largest absolute Gasteiger partial charge is 0.360 e. The maximum Gasteiger partial charge on any atom is 0.280 e. The van der Waals surface area contributed by atoms with Gasteiger partial charge in [-0.3, -0.25) is 4.79 Å². The minimum atomic E-state index is -0.124. The first-order valence-electron chi connectivity index (χ1n) is 6.42. The zero-order valence-electron chi connectivity index (χ0n) is 11.7. The van der Waals surface area contributed by atoms with E-state index in [9.17, 15) is 4.79 Å². The average Bonchev–Trinajstić information content (AvgIpc) is 2.79. The van der Waals surface area contributed by atoms with Crippen LogP contribution in [0.4, 0.5) is 5.82 Å². The first kappa shape index (κ1) is 15.8. The van der Waals surface area contributed by atoms with E-state index in [1.165, 1.54) is 0 Å². The van der Waals surface area contributed by atoms with Gasteiger partial charge in [0.2, 0.25) is 0 Å². The number of rotatable bonds is 5. The minimum absolute atomic E-state index is 0.124. The first-order chi connectivity index (χ1) is 9.94. The fraction of sp³-hybridized carbons (Fsp3) is 0.286. The molecule has 2 aromatic rings. The van der Waals surface area contributed by atoms with E-state index in [1.54, 1.807) is 19.1 Å². The summed E-state index contributed by atoms with van der Waals surface area (Å²) in [5, 5.41) is 7.45. The number of nitrogens with zero attached hydrogens (tertiary/aromatic N) is 1. The van der Waals surface area contributed by atoms with Gasteiger partial charge in [0.25, 0.3) is 5.91 Å². The lowest BCUT2D eigenvalue weighted by atomic mass is 10.2. The fourth-order valence-electron chi connectivity index (χ4n) is 1.95. The molecule has 2 N–H and O–H groups in total. The van der Waals surface area contributed by atoms with Crippen molar-refractivity contribution in [1.82, 2.24) is 5.16 Å². The number of hydrogen-bond acceptors (Lipinski definition) is 3. The van der Waals surface area contributed by atoms with Gasteiger partial charge in [0.1, 0.15) is 12.3 Å². The molecule has 1 unspecified atom stereocenters. The Labute approximate surface area is 132 Å². The van der Waals surface area contributed by atoms with Crippen molar-refractivity contribution in [3.8, 4) is 0 Å². The molecule has 0 aliphatic heterocycles. The van der Waals surface area contributed by atoms with Crippen LogP contribution in [-0.4, -0.2) is 24.7 Å². The van der Waals surface area contributed by atoms with Crippen molar-refractivity contribution in [2.45, 2.75) is 13.5 Å². The van der Waals surface area contributed by atoms with Crippen LogP contribution < -0.4 is 10.2 Å². The molecule has 112 valence electrons. The van der Waals surface area contributed by atoms with E-state index in [1.807, 2.05) is 19.2 Å². The number of aromatic nitrogens is 1. The number of carbonyl (C=O) groups is 1. The Bertz CT molecular complexity index is 643. The number of amides is 1. The highest BCUT2D eigenvalue weighted by atomic mass is 35.5. The molecular weight excluding hydrogens is 313 g/mol. The van der Waals surface area contributed by atoms with Crippen LogP contribution >= 0.6 is 23.2 Å². The van der Waals surface area contributed by atoms with Gasteiger partial charge in [-0.25, -0.2) is 0 Å². The van der Waals surface area contributed by atoms with Gasteiger partial charge >= 0.3 is 0 Å². The number of aryl methyl sites for hydroxylation is 1. The fourth-order valence-corrected chi connectivity index (χ4v) is 2.27. The molecule has 1 heterocycles. The smallest absolute Gasteiger partial charge is 0.280 e. The summed E-state index contributed by atoms with van der Waals surface area (Å²) in [7, 11) is 1.93. The zero-order chi connectivity index (χ0) is 15.4. The van der Waals surface area contributed by atoms with E-state index in [4.69, 9.17) is 27.7 Å². The highest BCUT2D eigenvalue weighted by Gasteiger charge is 2.13. The lowest BCUT2D eigenvalue weighted by molar-refractivity contribution is -0.885. The Morgan fingerprint density at radius 1 is 1.33 bits per heavy atom. The molecule has 0 bridgehead atoms. The number of quaternary nitrogens is 1. The van der Waals surface area contributed by atoms with Crippen LogP contribution in [0.3, 0.4) is 0 Å². The molecule has 0 saturated heterocycles. The molecule has 0 aliphatic carbocycles. The molecule has 2 rings (SSSR count). The Balaban J connectivity index is 1.87. The first-order valence-corrected chi connectivity index (χ1v) is 7.18. The van der Waals surface area contributed by atoms with E-state index in [-0.39, 0.29) is 5.91 Å². The number of halogens is 2. The summed E-state index contributed by atoms with van der Waals surface area (Å²) < 4.78 is 4.89. The van der Waals surface area contributed by atoms with Gasteiger partial charge in [0.05, 0.1) is 17.1 Å². The summed E-state index contributed by atoms with van der Waals surface area (Å²) in [6.45, 7) is 2.75. The second-order valence-corrected chi connectivity index (χ2v) is 5.74. The highest BCUT2D eigenvalue weighted by molar-refractivity contribution is 6.42. The van der Waals surface area contributed by atoms with Gasteiger partial charge in [-0.2, -0.15) is 0 Å². The molecule has 0 fully saturated rings. The Hall–Kier alpha value is -1.56. The van der Waals surface area contributed by atoms with E-state index in [0.717, 1.165) is 10.5 Å². The predicted molar refractivity (Wildman–Crippen MR) is 81.8 cm³/mol. The number of likely N-dealkylation sites (N-methyl/N-ethyl adjacent to an activating group) is 1. The molecule has 1 atom stereocenters. The number of nitrogens with one attached hydrogen (secondary N) is 2. The minimum Gasteiger partial charge on any atom is -0.360 e. The van der Waals surface area contributed by atoms with Crippen LogP contribution in [0.25, 0.3) is 0 Å². The van der Waals surface area contributed by atoms with Crippen molar-refractivity contribution in [1.29, 1.82) is 0 Å². The Kier molecular flexibility index (Phi) is 5.22. The summed E-state index contributed by atoms with van der Waals surface area (Å²) in [6, 6.07) is 7.14. The molecule has 21 heavy (non-hydrogen) atoms. The number of hydrogen-bond donors (Lipinski definition) is 2. The summed E-state index contributed by atoms with van der Waals surface area (Å²) in [5.74, 6) is 0.961. The summed E-state index contributed by atoms with van der Waals surface area (Å²) in [4.78, 5) is 12.9. The molecule has 1 amide bonds. The van der Waals surface area contributed by atoms with Crippen molar-refractivity contribution in [2.75, 3.05) is 18.9 Å². The third-order valence-corrected chi connectivity index (χ3v) is 3.59. The Morgan fingerprint density at radius 2 is 2.10 bits per heavy atom. The van der Waals surface area contributed by atoms with Crippen LogP contribution in [0.5, 0.6) is 0 Å². The third-order valence-electron chi connectivity index (χ3n) is 2.85. The van der Waals surface area contributed by atoms with Crippen molar-refractivity contribution in [2.24, 2.45) is 0 Å². The van der Waals surface area contributed by atoms with Crippen LogP contribution in [0, 0.1) is 6.92 Å². The number of benzene rings is 1. The van der Waals surface area contributed by atoms with Gasteiger partial charge < -0.3 is 14.7 Å². The van der Waals surface area contributed by atoms with Crippen molar-refractivity contribution in [3.05, 3.63) is 45.6 Å². The lowest BCUT2D eigenvalue weighted by Gasteiger charge is -2.13. The normalized spacial score (nSPS) is 12.2. The van der Waals surface area contributed by atoms with Gasteiger partial charge in [-0.05, 0) is 19.1 Å². The molecule has 0 radical (unpaired) electrons. The maximum absolute atomic E-state index is 11.9. The molecule has 1 aromatic carbocycles. The summed E-state index contributed by atoms with van der Waals surface area (Å²) >= 11 is 11.8.